The minimum atomic E-state index is -0.714. The molecule has 0 saturated heterocycles. The molecule has 8 nitrogen and oxygen atoms in total. The monoisotopic (exact) mass is 336 g/mol. The van der Waals surface area contributed by atoms with Gasteiger partial charge >= 0.3 is 11.9 Å². The molecule has 0 N–H and O–H groups in total. The highest BCUT2D eigenvalue weighted by Gasteiger charge is 2.35. The van der Waals surface area contributed by atoms with Gasteiger partial charge in [-0.2, -0.15) is 0 Å². The minimum absolute atomic E-state index is 0.115. The van der Waals surface area contributed by atoms with Gasteiger partial charge in [0.15, 0.2) is 11.5 Å². The first-order chi connectivity index (χ1) is 12.2. The summed E-state index contributed by atoms with van der Waals surface area (Å²) in [5.41, 5.74) is 2.35. The maximum absolute atomic E-state index is 12.3. The number of carbonyl (C=O) groups is 2. The van der Waals surface area contributed by atoms with Crippen LogP contribution in [-0.4, -0.2) is 29.0 Å². The van der Waals surface area contributed by atoms with Crippen LogP contribution in [0.15, 0.2) is 41.0 Å². The van der Waals surface area contributed by atoms with Gasteiger partial charge in [0.05, 0.1) is 11.1 Å². The summed E-state index contributed by atoms with van der Waals surface area (Å²) in [5, 5.41) is 7.48. The summed E-state index contributed by atoms with van der Waals surface area (Å²) in [7, 11) is 0. The maximum Gasteiger partial charge on any atom is 0.347 e. The fraction of sp³-hybridized carbons (Fsp3) is 0.0588. The first-order valence-electron chi connectivity index (χ1n) is 7.34. The summed E-state index contributed by atoms with van der Waals surface area (Å²) in [5.74, 6) is -0.336. The number of ether oxygens (including phenoxy) is 3. The number of cyclic esters (lactones) is 2. The van der Waals surface area contributed by atoms with Crippen LogP contribution < -0.4 is 9.47 Å². The number of aromatic nitrogens is 2. The largest absolute Gasteiger partial charge is 0.454 e. The lowest BCUT2D eigenvalue weighted by Crippen LogP contribution is -2.02. The summed E-state index contributed by atoms with van der Waals surface area (Å²) < 4.78 is 20.1. The molecule has 1 aromatic heterocycles. The van der Waals surface area contributed by atoms with E-state index in [-0.39, 0.29) is 17.9 Å². The highest BCUT2D eigenvalue weighted by molar-refractivity contribution is 6.45. The van der Waals surface area contributed by atoms with Crippen LogP contribution in [0.3, 0.4) is 0 Å². The van der Waals surface area contributed by atoms with E-state index in [0.29, 0.717) is 33.7 Å². The lowest BCUT2D eigenvalue weighted by molar-refractivity contribution is -0.149. The Morgan fingerprint density at radius 2 is 1.44 bits per heavy atom. The number of esters is 2. The van der Waals surface area contributed by atoms with E-state index in [4.69, 9.17) is 14.2 Å². The Kier molecular flexibility index (Phi) is 2.69. The number of carbonyl (C=O) groups excluding carboxylic acids is 2. The molecule has 3 aromatic rings. The SMILES string of the molecule is O=C1OC(=O)C(c2ccc3nonc3c2)=C1c1ccc2c(c1)OCO2. The van der Waals surface area contributed by atoms with Gasteiger partial charge in [0.25, 0.3) is 0 Å². The van der Waals surface area contributed by atoms with Crippen molar-refractivity contribution >= 4 is 34.1 Å². The number of rotatable bonds is 2. The Bertz CT molecular complexity index is 1100. The molecule has 0 amide bonds. The summed E-state index contributed by atoms with van der Waals surface area (Å²) in [6.45, 7) is 0.115. The molecule has 2 aliphatic heterocycles. The van der Waals surface area contributed by atoms with Crippen molar-refractivity contribution in [3.05, 3.63) is 47.5 Å². The van der Waals surface area contributed by atoms with E-state index in [1.54, 1.807) is 36.4 Å². The summed E-state index contributed by atoms with van der Waals surface area (Å²) in [6, 6.07) is 9.94. The van der Waals surface area contributed by atoms with Crippen LogP contribution in [0.2, 0.25) is 0 Å². The van der Waals surface area contributed by atoms with Crippen LogP contribution in [0.5, 0.6) is 11.5 Å². The quantitative estimate of drug-likeness (QED) is 0.517. The van der Waals surface area contributed by atoms with Crippen LogP contribution in [0, 0.1) is 0 Å². The molecule has 8 heteroatoms. The average Bonchev–Trinajstić information content (AvgIpc) is 3.31. The zero-order chi connectivity index (χ0) is 17.0. The second-order valence-electron chi connectivity index (χ2n) is 5.46. The van der Waals surface area contributed by atoms with Crippen molar-refractivity contribution in [1.29, 1.82) is 0 Å². The number of hydrogen-bond donors (Lipinski definition) is 0. The predicted molar refractivity (Wildman–Crippen MR) is 82.3 cm³/mol. The van der Waals surface area contributed by atoms with E-state index >= 15 is 0 Å². The molecule has 2 aromatic carbocycles. The Morgan fingerprint density at radius 3 is 2.28 bits per heavy atom. The lowest BCUT2D eigenvalue weighted by Gasteiger charge is -2.04. The molecular weight excluding hydrogens is 328 g/mol. The topological polar surface area (TPSA) is 101 Å². The molecule has 0 bridgehead atoms. The highest BCUT2D eigenvalue weighted by atomic mass is 16.7. The molecule has 0 radical (unpaired) electrons. The Morgan fingerprint density at radius 1 is 0.760 bits per heavy atom. The maximum atomic E-state index is 12.3. The molecule has 0 atom stereocenters. The third kappa shape index (κ3) is 2.01. The van der Waals surface area contributed by atoms with Crippen molar-refractivity contribution in [2.45, 2.75) is 0 Å². The summed E-state index contributed by atoms with van der Waals surface area (Å²) >= 11 is 0. The van der Waals surface area contributed by atoms with Gasteiger partial charge in [0, 0.05) is 0 Å². The summed E-state index contributed by atoms with van der Waals surface area (Å²) in [6.07, 6.45) is 0. The molecule has 25 heavy (non-hydrogen) atoms. The molecule has 0 saturated carbocycles. The lowest BCUT2D eigenvalue weighted by atomic mass is 9.96. The Balaban J connectivity index is 1.72. The van der Waals surface area contributed by atoms with Crippen molar-refractivity contribution in [2.24, 2.45) is 0 Å². The van der Waals surface area contributed by atoms with Crippen molar-refractivity contribution in [2.75, 3.05) is 6.79 Å². The van der Waals surface area contributed by atoms with E-state index in [9.17, 15) is 9.59 Å². The van der Waals surface area contributed by atoms with Crippen LogP contribution >= 0.6 is 0 Å². The van der Waals surface area contributed by atoms with Gasteiger partial charge in [0.2, 0.25) is 6.79 Å². The standard InChI is InChI=1S/C17H8N2O6/c20-16-14(8-1-3-10-11(5-8)19-25-18-10)15(17(21)24-16)9-2-4-12-13(6-9)23-7-22-12/h1-6H,7H2. The van der Waals surface area contributed by atoms with Crippen LogP contribution in [0.1, 0.15) is 11.1 Å². The van der Waals surface area contributed by atoms with Crippen molar-refractivity contribution in [3.8, 4) is 11.5 Å². The molecule has 0 unspecified atom stereocenters. The van der Waals surface area contributed by atoms with E-state index < -0.39 is 11.9 Å². The third-order valence-electron chi connectivity index (χ3n) is 4.05. The Hall–Kier alpha value is -3.68. The number of nitrogens with zero attached hydrogens (tertiary/aromatic N) is 2. The zero-order valence-electron chi connectivity index (χ0n) is 12.5. The van der Waals surface area contributed by atoms with Crippen molar-refractivity contribution in [3.63, 3.8) is 0 Å². The second kappa shape index (κ2) is 4.91. The molecular formula is C17H8N2O6. The van der Waals surface area contributed by atoms with Gasteiger partial charge in [-0.1, -0.05) is 12.1 Å². The Labute approximate surface area is 139 Å². The van der Waals surface area contributed by atoms with E-state index in [0.717, 1.165) is 0 Å². The summed E-state index contributed by atoms with van der Waals surface area (Å²) in [4.78, 5) is 24.5. The molecule has 0 fully saturated rings. The molecule has 2 aliphatic rings. The molecule has 3 heterocycles. The highest BCUT2D eigenvalue weighted by Crippen LogP contribution is 2.39. The molecule has 0 aliphatic carbocycles. The molecule has 5 rings (SSSR count). The van der Waals surface area contributed by atoms with Crippen LogP contribution in [0.4, 0.5) is 0 Å². The van der Waals surface area contributed by atoms with Crippen molar-refractivity contribution in [1.82, 2.24) is 10.3 Å². The van der Waals surface area contributed by atoms with Gasteiger partial charge in [0.1, 0.15) is 11.0 Å². The predicted octanol–water partition coefficient (Wildman–Crippen LogP) is 1.95. The smallest absolute Gasteiger partial charge is 0.347 e. The minimum Gasteiger partial charge on any atom is -0.454 e. The number of benzene rings is 2. The third-order valence-corrected chi connectivity index (χ3v) is 4.05. The van der Waals surface area contributed by atoms with Gasteiger partial charge in [-0.3, -0.25) is 0 Å². The van der Waals surface area contributed by atoms with Gasteiger partial charge in [-0.25, -0.2) is 14.2 Å². The normalized spacial score (nSPS) is 16.0. The molecule has 122 valence electrons. The fourth-order valence-electron chi connectivity index (χ4n) is 2.90. The first-order valence-corrected chi connectivity index (χ1v) is 7.34. The average molecular weight is 336 g/mol. The van der Waals surface area contributed by atoms with E-state index in [1.807, 2.05) is 0 Å². The van der Waals surface area contributed by atoms with Gasteiger partial charge < -0.3 is 14.2 Å². The van der Waals surface area contributed by atoms with E-state index in [2.05, 4.69) is 14.9 Å². The second-order valence-corrected chi connectivity index (χ2v) is 5.46. The number of hydrogen-bond acceptors (Lipinski definition) is 8. The van der Waals surface area contributed by atoms with Gasteiger partial charge in [-0.15, -0.1) is 0 Å². The van der Waals surface area contributed by atoms with Crippen molar-refractivity contribution < 1.29 is 28.4 Å². The van der Waals surface area contributed by atoms with Gasteiger partial charge in [-0.05, 0) is 45.7 Å². The molecule has 0 spiro atoms. The zero-order valence-corrected chi connectivity index (χ0v) is 12.5. The van der Waals surface area contributed by atoms with Crippen LogP contribution in [-0.2, 0) is 14.3 Å². The first kappa shape index (κ1) is 13.7. The van der Waals surface area contributed by atoms with E-state index in [1.165, 1.54) is 0 Å². The van der Waals surface area contributed by atoms with Crippen LogP contribution in [0.25, 0.3) is 22.2 Å². The number of fused-ring (bicyclic) bond motifs is 2. The fourth-order valence-corrected chi connectivity index (χ4v) is 2.90.